The van der Waals surface area contributed by atoms with Crippen molar-refractivity contribution in [1.29, 1.82) is 0 Å². The monoisotopic (exact) mass is 562 g/mol. The molecular weight excluding hydrogens is 532 g/mol. The molecule has 0 unspecified atom stereocenters. The Morgan fingerprint density at radius 1 is 0.857 bits per heavy atom. The van der Waals surface area contributed by atoms with E-state index in [-0.39, 0.29) is 0 Å². The van der Waals surface area contributed by atoms with Crippen LogP contribution in [0.4, 0.5) is 0 Å². The number of carbonyl (C=O) groups excluding carboxylic acids is 1. The third kappa shape index (κ3) is 6.42. The fourth-order valence-electron chi connectivity index (χ4n) is 4.31. The van der Waals surface area contributed by atoms with Crippen LogP contribution in [-0.4, -0.2) is 43.2 Å². The van der Waals surface area contributed by atoms with E-state index in [1.165, 1.54) is 21.3 Å². The number of amides is 1. The van der Waals surface area contributed by atoms with Crippen LogP contribution in [0.3, 0.4) is 0 Å². The summed E-state index contributed by atoms with van der Waals surface area (Å²) in [6, 6.07) is 30.6. The summed E-state index contributed by atoms with van der Waals surface area (Å²) in [4.78, 5) is 12.9. The average molecular weight is 563 g/mol. The lowest BCUT2D eigenvalue weighted by Crippen LogP contribution is -2.18. The highest BCUT2D eigenvalue weighted by molar-refractivity contribution is 5.97. The van der Waals surface area contributed by atoms with Gasteiger partial charge in [0.1, 0.15) is 18.1 Å². The van der Waals surface area contributed by atoms with Crippen molar-refractivity contribution in [3.05, 3.63) is 120 Å². The van der Waals surface area contributed by atoms with Crippen molar-refractivity contribution in [1.82, 2.24) is 15.2 Å². The van der Waals surface area contributed by atoms with Crippen molar-refractivity contribution in [3.63, 3.8) is 0 Å². The molecule has 5 rings (SSSR count). The Kier molecular flexibility index (Phi) is 8.79. The number of hydrazone groups is 1. The number of aromatic nitrogens is 2. The number of ether oxygens (including phenoxy) is 4. The first-order chi connectivity index (χ1) is 20.6. The molecule has 0 saturated carbocycles. The molecule has 42 heavy (non-hydrogen) atoms. The van der Waals surface area contributed by atoms with Crippen molar-refractivity contribution in [2.75, 3.05) is 21.3 Å². The van der Waals surface area contributed by atoms with Gasteiger partial charge in [0.05, 0.1) is 33.2 Å². The van der Waals surface area contributed by atoms with Crippen LogP contribution in [0.2, 0.25) is 0 Å². The molecule has 1 N–H and O–H groups in total. The molecule has 9 nitrogen and oxygen atoms in total. The molecule has 0 aliphatic rings. The molecule has 0 aliphatic carbocycles. The Morgan fingerprint density at radius 2 is 1.50 bits per heavy atom. The van der Waals surface area contributed by atoms with Crippen molar-refractivity contribution in [2.45, 2.75) is 6.61 Å². The van der Waals surface area contributed by atoms with Crippen LogP contribution in [0, 0.1) is 0 Å². The zero-order chi connectivity index (χ0) is 29.3. The maximum atomic E-state index is 12.9. The fourth-order valence-corrected chi connectivity index (χ4v) is 4.31. The van der Waals surface area contributed by atoms with Gasteiger partial charge in [0.2, 0.25) is 5.75 Å². The molecular formula is C33H30N4O5. The molecule has 0 spiro atoms. The maximum absolute atomic E-state index is 12.9. The number of methoxy groups -OCH3 is 3. The van der Waals surface area contributed by atoms with Crippen LogP contribution in [0.15, 0.2) is 108 Å². The summed E-state index contributed by atoms with van der Waals surface area (Å²) < 4.78 is 23.8. The van der Waals surface area contributed by atoms with E-state index in [0.29, 0.717) is 40.7 Å². The summed E-state index contributed by atoms with van der Waals surface area (Å²) >= 11 is 0. The molecule has 0 fully saturated rings. The van der Waals surface area contributed by atoms with Crippen LogP contribution < -0.4 is 24.4 Å². The van der Waals surface area contributed by atoms with E-state index in [1.807, 2.05) is 91.1 Å². The van der Waals surface area contributed by atoms with Crippen molar-refractivity contribution >= 4 is 12.1 Å². The average Bonchev–Trinajstić information content (AvgIpc) is 3.48. The van der Waals surface area contributed by atoms with E-state index >= 15 is 0 Å². The molecule has 0 bridgehead atoms. The molecule has 212 valence electrons. The number of hydrogen-bond acceptors (Lipinski definition) is 7. The van der Waals surface area contributed by atoms with Gasteiger partial charge in [0.15, 0.2) is 11.5 Å². The molecule has 0 atom stereocenters. The fraction of sp³-hybridized carbons (Fsp3) is 0.121. The largest absolute Gasteiger partial charge is 0.493 e. The first-order valence-electron chi connectivity index (χ1n) is 13.1. The molecule has 0 radical (unpaired) electrons. The lowest BCUT2D eigenvalue weighted by Gasteiger charge is -2.13. The first kappa shape index (κ1) is 28.0. The predicted octanol–water partition coefficient (Wildman–Crippen LogP) is 5.91. The topological polar surface area (TPSA) is 96.2 Å². The second kappa shape index (κ2) is 13.2. The Balaban J connectivity index is 1.38. The lowest BCUT2D eigenvalue weighted by molar-refractivity contribution is 0.0954. The molecule has 0 saturated heterocycles. The Hall–Kier alpha value is -5.57. The summed E-state index contributed by atoms with van der Waals surface area (Å²) in [6.45, 7) is 0.479. The Labute approximate surface area is 243 Å². The summed E-state index contributed by atoms with van der Waals surface area (Å²) in [5.41, 5.74) is 7.13. The Bertz CT molecular complexity index is 1640. The third-order valence-electron chi connectivity index (χ3n) is 6.44. The van der Waals surface area contributed by atoms with Gasteiger partial charge in [-0.3, -0.25) is 4.79 Å². The number of para-hydroxylation sites is 1. The first-order valence-corrected chi connectivity index (χ1v) is 13.1. The van der Waals surface area contributed by atoms with Gasteiger partial charge in [-0.25, -0.2) is 10.1 Å². The minimum Gasteiger partial charge on any atom is -0.493 e. The summed E-state index contributed by atoms with van der Waals surface area (Å²) in [5, 5.41) is 9.05. The summed E-state index contributed by atoms with van der Waals surface area (Å²) in [5.74, 6) is 1.44. The second-order valence-electron chi connectivity index (χ2n) is 9.12. The van der Waals surface area contributed by atoms with Crippen molar-refractivity contribution in [3.8, 4) is 39.9 Å². The van der Waals surface area contributed by atoms with Crippen LogP contribution in [-0.2, 0) is 6.61 Å². The minimum atomic E-state index is -0.442. The molecule has 1 amide bonds. The number of carbonyl (C=O) groups is 1. The highest BCUT2D eigenvalue weighted by atomic mass is 16.5. The normalized spacial score (nSPS) is 10.8. The van der Waals surface area contributed by atoms with E-state index in [4.69, 9.17) is 24.0 Å². The Morgan fingerprint density at radius 3 is 2.12 bits per heavy atom. The van der Waals surface area contributed by atoms with Gasteiger partial charge in [-0.2, -0.15) is 10.2 Å². The van der Waals surface area contributed by atoms with Crippen LogP contribution in [0.25, 0.3) is 16.9 Å². The highest BCUT2D eigenvalue weighted by Gasteiger charge is 2.17. The van der Waals surface area contributed by atoms with Gasteiger partial charge < -0.3 is 18.9 Å². The number of nitrogens with one attached hydrogen (secondary N) is 1. The van der Waals surface area contributed by atoms with E-state index in [2.05, 4.69) is 10.5 Å². The number of hydrogen-bond donors (Lipinski definition) is 1. The van der Waals surface area contributed by atoms with Gasteiger partial charge in [0, 0.05) is 22.9 Å². The zero-order valence-corrected chi connectivity index (χ0v) is 23.5. The quantitative estimate of drug-likeness (QED) is 0.159. The van der Waals surface area contributed by atoms with Gasteiger partial charge in [-0.1, -0.05) is 48.5 Å². The number of nitrogens with zero attached hydrogens (tertiary/aromatic N) is 3. The van der Waals surface area contributed by atoms with Gasteiger partial charge in [-0.05, 0) is 54.1 Å². The standard InChI is InChI=1S/C33H30N4O5/c1-39-29-18-25(19-30(40-2)32(29)41-3)33(38)35-34-20-26-21-37(27-12-8-5-9-13-27)36-31(26)24-14-16-28(17-15-24)42-22-23-10-6-4-7-11-23/h4-21H,22H2,1-3H3,(H,35,38). The van der Waals surface area contributed by atoms with E-state index < -0.39 is 5.91 Å². The zero-order valence-electron chi connectivity index (χ0n) is 23.5. The lowest BCUT2D eigenvalue weighted by atomic mass is 10.1. The minimum absolute atomic E-state index is 0.299. The molecule has 9 heteroatoms. The second-order valence-corrected chi connectivity index (χ2v) is 9.12. The van der Waals surface area contributed by atoms with Crippen LogP contribution >= 0.6 is 0 Å². The summed E-state index contributed by atoms with van der Waals surface area (Å²) in [6.07, 6.45) is 3.43. The molecule has 0 aliphatic heterocycles. The molecule has 1 aromatic heterocycles. The number of benzene rings is 4. The molecule has 1 heterocycles. The predicted molar refractivity (Wildman–Crippen MR) is 161 cm³/mol. The van der Waals surface area contributed by atoms with Crippen molar-refractivity contribution < 1.29 is 23.7 Å². The third-order valence-corrected chi connectivity index (χ3v) is 6.44. The number of rotatable bonds is 11. The van der Waals surface area contributed by atoms with Crippen LogP contribution in [0.5, 0.6) is 23.0 Å². The summed E-state index contributed by atoms with van der Waals surface area (Å²) in [7, 11) is 4.49. The van der Waals surface area contributed by atoms with Gasteiger partial charge >= 0.3 is 0 Å². The van der Waals surface area contributed by atoms with E-state index in [9.17, 15) is 4.79 Å². The molecule has 4 aromatic carbocycles. The maximum Gasteiger partial charge on any atom is 0.271 e. The van der Waals surface area contributed by atoms with E-state index in [1.54, 1.807) is 23.0 Å². The SMILES string of the molecule is COc1cc(C(=O)NN=Cc2cn(-c3ccccc3)nc2-c2ccc(OCc3ccccc3)cc2)cc(OC)c1OC. The highest BCUT2D eigenvalue weighted by Crippen LogP contribution is 2.38. The van der Waals surface area contributed by atoms with Gasteiger partial charge in [-0.15, -0.1) is 0 Å². The van der Waals surface area contributed by atoms with Crippen LogP contribution in [0.1, 0.15) is 21.5 Å². The smallest absolute Gasteiger partial charge is 0.271 e. The molecule has 5 aromatic rings. The van der Waals surface area contributed by atoms with Crippen molar-refractivity contribution in [2.24, 2.45) is 5.10 Å². The van der Waals surface area contributed by atoms with Gasteiger partial charge in [0.25, 0.3) is 5.91 Å². The van der Waals surface area contributed by atoms with E-state index in [0.717, 1.165) is 22.6 Å².